The Morgan fingerprint density at radius 2 is 1.91 bits per heavy atom. The molecule has 1 aromatic carbocycles. The number of halogens is 3. The molecule has 3 aromatic rings. The third-order valence-electron chi connectivity index (χ3n) is 5.44. The standard InChI is InChI=1S/C21H26BrF2N7O/c1-11(2)31-10-26-17-18(27-15-7-12(22)8-16(9-15)32-20(23)24)29-21(30-19(17)31)28-14-5-3-13(25)4-6-14/h7-11,13-14,20H,3-6,25H2,1-2H3,(H2,27,28,29,30). The fourth-order valence-electron chi connectivity index (χ4n) is 3.83. The second-order valence-corrected chi connectivity index (χ2v) is 9.16. The number of hydrogen-bond donors (Lipinski definition) is 3. The molecule has 1 fully saturated rings. The summed E-state index contributed by atoms with van der Waals surface area (Å²) in [4.78, 5) is 13.9. The van der Waals surface area contributed by atoms with E-state index in [0.29, 0.717) is 33.1 Å². The number of benzene rings is 1. The van der Waals surface area contributed by atoms with Gasteiger partial charge in [0, 0.05) is 34.4 Å². The van der Waals surface area contributed by atoms with E-state index in [9.17, 15) is 8.78 Å². The molecule has 0 radical (unpaired) electrons. The zero-order valence-corrected chi connectivity index (χ0v) is 19.4. The molecule has 8 nitrogen and oxygen atoms in total. The minimum atomic E-state index is -2.91. The van der Waals surface area contributed by atoms with E-state index in [-0.39, 0.29) is 23.9 Å². The van der Waals surface area contributed by atoms with Crippen LogP contribution >= 0.6 is 15.9 Å². The highest BCUT2D eigenvalue weighted by Gasteiger charge is 2.21. The number of rotatable bonds is 7. The highest BCUT2D eigenvalue weighted by atomic mass is 79.9. The van der Waals surface area contributed by atoms with Crippen molar-refractivity contribution >= 4 is 44.5 Å². The van der Waals surface area contributed by atoms with Crippen molar-refractivity contribution in [1.29, 1.82) is 0 Å². The van der Waals surface area contributed by atoms with Crippen LogP contribution in [0.2, 0.25) is 0 Å². The second kappa shape index (κ2) is 9.53. The molecule has 2 aromatic heterocycles. The summed E-state index contributed by atoms with van der Waals surface area (Å²) in [6.45, 7) is 1.19. The van der Waals surface area contributed by atoms with Crippen LogP contribution in [0, 0.1) is 0 Å². The molecule has 4 N–H and O–H groups in total. The number of nitrogens with zero attached hydrogens (tertiary/aromatic N) is 4. The largest absolute Gasteiger partial charge is 0.435 e. The first-order valence-corrected chi connectivity index (χ1v) is 11.4. The first-order chi connectivity index (χ1) is 15.3. The molecule has 172 valence electrons. The van der Waals surface area contributed by atoms with Crippen LogP contribution < -0.4 is 21.1 Å². The van der Waals surface area contributed by atoms with Crippen molar-refractivity contribution in [2.45, 2.75) is 64.3 Å². The number of hydrogen-bond acceptors (Lipinski definition) is 7. The van der Waals surface area contributed by atoms with Gasteiger partial charge in [-0.25, -0.2) is 4.98 Å². The van der Waals surface area contributed by atoms with Gasteiger partial charge in [0.2, 0.25) is 5.95 Å². The molecule has 32 heavy (non-hydrogen) atoms. The van der Waals surface area contributed by atoms with Crippen molar-refractivity contribution in [3.05, 3.63) is 29.0 Å². The minimum absolute atomic E-state index is 0.0341. The lowest BCUT2D eigenvalue weighted by Gasteiger charge is -2.27. The van der Waals surface area contributed by atoms with E-state index in [4.69, 9.17) is 10.7 Å². The Labute approximate surface area is 193 Å². The monoisotopic (exact) mass is 509 g/mol. The molecule has 1 saturated carbocycles. The van der Waals surface area contributed by atoms with Gasteiger partial charge in [-0.2, -0.15) is 18.7 Å². The van der Waals surface area contributed by atoms with Crippen LogP contribution in [-0.2, 0) is 0 Å². The van der Waals surface area contributed by atoms with Crippen LogP contribution in [0.4, 0.5) is 26.2 Å². The molecule has 1 aliphatic rings. The number of imidazole rings is 1. The van der Waals surface area contributed by atoms with E-state index in [1.807, 2.05) is 18.4 Å². The Morgan fingerprint density at radius 3 is 2.59 bits per heavy atom. The topological polar surface area (TPSA) is 103 Å². The smallest absolute Gasteiger partial charge is 0.387 e. The van der Waals surface area contributed by atoms with Crippen molar-refractivity contribution in [3.63, 3.8) is 0 Å². The van der Waals surface area contributed by atoms with Gasteiger partial charge < -0.3 is 25.7 Å². The van der Waals surface area contributed by atoms with Crippen molar-refractivity contribution in [2.75, 3.05) is 10.6 Å². The fraction of sp³-hybridized carbons (Fsp3) is 0.476. The molecule has 0 atom stereocenters. The highest BCUT2D eigenvalue weighted by Crippen LogP contribution is 2.31. The van der Waals surface area contributed by atoms with Crippen LogP contribution in [0.3, 0.4) is 0 Å². The van der Waals surface area contributed by atoms with E-state index < -0.39 is 6.61 Å². The molecule has 11 heteroatoms. The predicted octanol–water partition coefficient (Wildman–Crippen LogP) is 5.20. The van der Waals surface area contributed by atoms with Gasteiger partial charge in [0.05, 0.1) is 6.33 Å². The highest BCUT2D eigenvalue weighted by molar-refractivity contribution is 9.10. The summed E-state index contributed by atoms with van der Waals surface area (Å²) in [6.07, 6.45) is 5.55. The molecular weight excluding hydrogens is 484 g/mol. The zero-order chi connectivity index (χ0) is 22.8. The van der Waals surface area contributed by atoms with Gasteiger partial charge in [0.1, 0.15) is 5.75 Å². The Bertz CT molecular complexity index is 1080. The van der Waals surface area contributed by atoms with Gasteiger partial charge in [-0.05, 0) is 51.7 Å². The number of alkyl halides is 2. The summed E-state index contributed by atoms with van der Waals surface area (Å²) in [7, 11) is 0. The maximum atomic E-state index is 12.7. The average molecular weight is 510 g/mol. The number of nitrogens with two attached hydrogens (primary N) is 1. The molecule has 4 rings (SSSR count). The van der Waals surface area contributed by atoms with Crippen molar-refractivity contribution in [2.24, 2.45) is 5.73 Å². The zero-order valence-electron chi connectivity index (χ0n) is 17.9. The predicted molar refractivity (Wildman–Crippen MR) is 124 cm³/mol. The Hall–Kier alpha value is -2.53. The summed E-state index contributed by atoms with van der Waals surface area (Å²) in [5.41, 5.74) is 7.83. The molecule has 2 heterocycles. The molecule has 0 amide bonds. The van der Waals surface area contributed by atoms with Gasteiger partial charge in [-0.1, -0.05) is 15.9 Å². The molecule has 0 bridgehead atoms. The minimum Gasteiger partial charge on any atom is -0.435 e. The maximum absolute atomic E-state index is 12.7. The quantitative estimate of drug-likeness (QED) is 0.402. The lowest BCUT2D eigenvalue weighted by molar-refractivity contribution is -0.0498. The van der Waals surface area contributed by atoms with Crippen LogP contribution in [0.25, 0.3) is 11.2 Å². The summed E-state index contributed by atoms with van der Waals surface area (Å²) >= 11 is 3.33. The number of anilines is 3. The maximum Gasteiger partial charge on any atom is 0.387 e. The van der Waals surface area contributed by atoms with Crippen LogP contribution in [-0.4, -0.2) is 38.2 Å². The molecule has 0 unspecified atom stereocenters. The summed E-state index contributed by atoms with van der Waals surface area (Å²) in [6, 6.07) is 5.35. The van der Waals surface area contributed by atoms with Gasteiger partial charge in [-0.3, -0.25) is 0 Å². The first kappa shape index (κ1) is 22.7. The van der Waals surface area contributed by atoms with Crippen molar-refractivity contribution < 1.29 is 13.5 Å². The van der Waals surface area contributed by atoms with Gasteiger partial charge in [0.25, 0.3) is 0 Å². The summed E-state index contributed by atoms with van der Waals surface area (Å²) in [5.74, 6) is 0.999. The molecule has 1 aliphatic carbocycles. The number of fused-ring (bicyclic) bond motifs is 1. The van der Waals surface area contributed by atoms with E-state index in [2.05, 4.69) is 41.3 Å². The Morgan fingerprint density at radius 1 is 1.16 bits per heavy atom. The summed E-state index contributed by atoms with van der Waals surface area (Å²) < 4.78 is 32.5. The van der Waals surface area contributed by atoms with Crippen LogP contribution in [0.1, 0.15) is 45.6 Å². The number of nitrogens with one attached hydrogen (secondary N) is 2. The van der Waals surface area contributed by atoms with E-state index >= 15 is 0 Å². The second-order valence-electron chi connectivity index (χ2n) is 8.25. The lowest BCUT2D eigenvalue weighted by atomic mass is 9.92. The van der Waals surface area contributed by atoms with Gasteiger partial charge in [-0.15, -0.1) is 0 Å². The van der Waals surface area contributed by atoms with E-state index in [1.165, 1.54) is 12.1 Å². The first-order valence-electron chi connectivity index (χ1n) is 10.6. The van der Waals surface area contributed by atoms with Crippen LogP contribution in [0.5, 0.6) is 5.75 Å². The van der Waals surface area contributed by atoms with E-state index in [0.717, 1.165) is 25.7 Å². The average Bonchev–Trinajstić information content (AvgIpc) is 3.13. The fourth-order valence-corrected chi connectivity index (χ4v) is 4.31. The molecular formula is C21H26BrF2N7O. The number of aromatic nitrogens is 4. The van der Waals surface area contributed by atoms with Crippen molar-refractivity contribution in [1.82, 2.24) is 19.5 Å². The Kier molecular flexibility index (Phi) is 6.75. The Balaban J connectivity index is 1.69. The SMILES string of the molecule is CC(C)n1cnc2c(Nc3cc(Br)cc(OC(F)F)c3)nc(NC3CCC(N)CC3)nc21. The summed E-state index contributed by atoms with van der Waals surface area (Å²) in [5, 5.41) is 6.63. The normalized spacial score (nSPS) is 19.0. The van der Waals surface area contributed by atoms with Crippen LogP contribution in [0.15, 0.2) is 29.0 Å². The number of ether oxygens (including phenoxy) is 1. The molecule has 0 aliphatic heterocycles. The van der Waals surface area contributed by atoms with Gasteiger partial charge in [0.15, 0.2) is 17.0 Å². The third-order valence-corrected chi connectivity index (χ3v) is 5.90. The third kappa shape index (κ3) is 5.26. The molecule has 0 saturated heterocycles. The van der Waals surface area contributed by atoms with E-state index in [1.54, 1.807) is 12.4 Å². The van der Waals surface area contributed by atoms with Crippen molar-refractivity contribution in [3.8, 4) is 5.75 Å². The molecule has 0 spiro atoms. The lowest BCUT2D eigenvalue weighted by Crippen LogP contribution is -2.33. The van der Waals surface area contributed by atoms with Gasteiger partial charge >= 0.3 is 6.61 Å².